The van der Waals surface area contributed by atoms with Gasteiger partial charge in [0.05, 0.1) is 19.7 Å². The fourth-order valence-electron chi connectivity index (χ4n) is 5.27. The third-order valence-corrected chi connectivity index (χ3v) is 7.45. The van der Waals surface area contributed by atoms with Crippen molar-refractivity contribution >= 4 is 34.3 Å². The Balaban J connectivity index is 1.38. The zero-order valence-corrected chi connectivity index (χ0v) is 21.4. The molecule has 8 heteroatoms. The highest BCUT2D eigenvalue weighted by Crippen LogP contribution is 2.30. The van der Waals surface area contributed by atoms with Gasteiger partial charge in [0.1, 0.15) is 18.1 Å². The van der Waals surface area contributed by atoms with Crippen LogP contribution in [-0.2, 0) is 16.0 Å². The summed E-state index contributed by atoms with van der Waals surface area (Å²) in [7, 11) is 0. The molecule has 2 aliphatic rings. The molecule has 2 amide bonds. The molecule has 3 aromatic rings. The van der Waals surface area contributed by atoms with Gasteiger partial charge in [-0.15, -0.1) is 0 Å². The first-order valence-corrected chi connectivity index (χ1v) is 13.1. The Morgan fingerprint density at radius 3 is 2.83 bits per heavy atom. The van der Waals surface area contributed by atoms with Crippen LogP contribution in [0.4, 0.5) is 0 Å². The molecule has 1 unspecified atom stereocenters. The van der Waals surface area contributed by atoms with Crippen LogP contribution in [-0.4, -0.2) is 71.6 Å². The lowest BCUT2D eigenvalue weighted by Gasteiger charge is -2.44. The summed E-state index contributed by atoms with van der Waals surface area (Å²) in [6.45, 7) is 4.37. The molecule has 36 heavy (non-hydrogen) atoms. The molecule has 5 rings (SSSR count). The van der Waals surface area contributed by atoms with Gasteiger partial charge >= 0.3 is 0 Å². The number of fused-ring (bicyclic) bond motifs is 2. The second kappa shape index (κ2) is 10.5. The highest BCUT2D eigenvalue weighted by Gasteiger charge is 2.46. The van der Waals surface area contributed by atoms with Crippen molar-refractivity contribution in [3.8, 4) is 5.75 Å². The minimum Gasteiger partial charge on any atom is -0.491 e. The molecule has 2 aromatic carbocycles. The number of hydrogen-bond acceptors (Lipinski definition) is 4. The predicted molar refractivity (Wildman–Crippen MR) is 140 cm³/mol. The van der Waals surface area contributed by atoms with Gasteiger partial charge in [-0.1, -0.05) is 29.8 Å². The van der Waals surface area contributed by atoms with Gasteiger partial charge < -0.3 is 24.3 Å². The first-order chi connectivity index (χ1) is 17.5. The van der Waals surface area contributed by atoms with Crippen LogP contribution in [0.5, 0.6) is 5.75 Å². The number of amides is 2. The van der Waals surface area contributed by atoms with Crippen molar-refractivity contribution in [2.45, 2.75) is 38.2 Å². The van der Waals surface area contributed by atoms with E-state index in [-0.39, 0.29) is 18.4 Å². The average Bonchev–Trinajstić information content (AvgIpc) is 3.32. The Hall–Kier alpha value is -3.03. The molecule has 0 radical (unpaired) electrons. The van der Waals surface area contributed by atoms with Gasteiger partial charge in [0.15, 0.2) is 5.60 Å². The maximum absolute atomic E-state index is 13.9. The number of nitrogens with zero attached hydrogens (tertiary/aromatic N) is 2. The molecule has 0 bridgehead atoms. The highest BCUT2D eigenvalue weighted by atomic mass is 35.5. The van der Waals surface area contributed by atoms with E-state index in [1.165, 1.54) is 5.56 Å². The van der Waals surface area contributed by atoms with Crippen LogP contribution in [0.15, 0.2) is 48.5 Å². The van der Waals surface area contributed by atoms with E-state index < -0.39 is 5.60 Å². The van der Waals surface area contributed by atoms with E-state index in [0.717, 1.165) is 35.9 Å². The van der Waals surface area contributed by atoms with Crippen LogP contribution < -0.4 is 4.74 Å². The lowest BCUT2D eigenvalue weighted by Crippen LogP contribution is -2.62. The Morgan fingerprint density at radius 2 is 1.97 bits per heavy atom. The van der Waals surface area contributed by atoms with Gasteiger partial charge in [-0.05, 0) is 68.5 Å². The van der Waals surface area contributed by atoms with E-state index in [1.807, 2.05) is 43.3 Å². The van der Waals surface area contributed by atoms with Crippen molar-refractivity contribution in [3.05, 3.63) is 64.8 Å². The fourth-order valence-corrected chi connectivity index (χ4v) is 5.45. The second-order valence-corrected chi connectivity index (χ2v) is 9.97. The number of carbonyl (C=O) groups is 2. The highest BCUT2D eigenvalue weighted by molar-refractivity contribution is 6.31. The van der Waals surface area contributed by atoms with Gasteiger partial charge in [0.25, 0.3) is 11.8 Å². The van der Waals surface area contributed by atoms with Crippen LogP contribution in [0.25, 0.3) is 10.9 Å². The molecule has 190 valence electrons. The van der Waals surface area contributed by atoms with Gasteiger partial charge in [-0.3, -0.25) is 9.59 Å². The second-order valence-electron chi connectivity index (χ2n) is 9.53. The number of para-hydroxylation sites is 1. The summed E-state index contributed by atoms with van der Waals surface area (Å²) >= 11 is 6.12. The van der Waals surface area contributed by atoms with E-state index >= 15 is 0 Å². The number of aromatic nitrogens is 1. The molecule has 7 nitrogen and oxygen atoms in total. The number of hydrogen-bond donors (Lipinski definition) is 1. The normalized spacial score (nSPS) is 21.6. The largest absolute Gasteiger partial charge is 0.491 e. The van der Waals surface area contributed by atoms with Crippen LogP contribution in [0.2, 0.25) is 5.02 Å². The third-order valence-electron chi connectivity index (χ3n) is 7.21. The molecule has 3 heterocycles. The standard InChI is InChI=1S/C28H32ClN3O4/c1-2-31-13-15-35-25-9-4-3-7-20(25)8-5-6-12-28(27(31)34)19-32(14-16-36-28)26(33)24-18-21-17-22(29)10-11-23(21)30-24/h3-4,7,9-11,17-18,30H,2,5-6,8,12-16,19H2,1H3. The van der Waals surface area contributed by atoms with Gasteiger partial charge in [-0.25, -0.2) is 0 Å². The van der Waals surface area contributed by atoms with E-state index in [1.54, 1.807) is 15.9 Å². The Bertz CT molecular complexity index is 1260. The lowest BCUT2D eigenvalue weighted by molar-refractivity contribution is -0.170. The van der Waals surface area contributed by atoms with Crippen LogP contribution in [0.1, 0.15) is 42.2 Å². The molecular weight excluding hydrogens is 478 g/mol. The number of rotatable bonds is 2. The van der Waals surface area contributed by atoms with Crippen LogP contribution in [0, 0.1) is 0 Å². The Morgan fingerprint density at radius 1 is 1.11 bits per heavy atom. The van der Waals surface area contributed by atoms with Gasteiger partial charge in [-0.2, -0.15) is 0 Å². The molecule has 1 spiro atoms. The Labute approximate surface area is 216 Å². The number of benzene rings is 2. The minimum atomic E-state index is -1.06. The molecule has 1 atom stereocenters. The van der Waals surface area contributed by atoms with Crippen LogP contribution >= 0.6 is 11.6 Å². The van der Waals surface area contributed by atoms with Crippen molar-refractivity contribution in [1.29, 1.82) is 0 Å². The van der Waals surface area contributed by atoms with Crippen molar-refractivity contribution in [1.82, 2.24) is 14.8 Å². The van der Waals surface area contributed by atoms with Gasteiger partial charge in [0.2, 0.25) is 0 Å². The molecule has 1 fully saturated rings. The monoisotopic (exact) mass is 509 g/mol. The maximum atomic E-state index is 13.9. The first-order valence-electron chi connectivity index (χ1n) is 12.7. The molecule has 1 N–H and O–H groups in total. The number of likely N-dealkylation sites (N-methyl/N-ethyl adjacent to an activating group) is 1. The number of nitrogens with one attached hydrogen (secondary N) is 1. The number of carbonyl (C=O) groups excluding carboxylic acids is 2. The Kier molecular flexibility index (Phi) is 7.21. The van der Waals surface area contributed by atoms with Crippen LogP contribution in [0.3, 0.4) is 0 Å². The zero-order valence-electron chi connectivity index (χ0n) is 20.6. The average molecular weight is 510 g/mol. The van der Waals surface area contributed by atoms with Crippen molar-refractivity contribution < 1.29 is 19.1 Å². The maximum Gasteiger partial charge on any atom is 0.270 e. The number of aromatic amines is 1. The fraction of sp³-hybridized carbons (Fsp3) is 0.429. The smallest absolute Gasteiger partial charge is 0.270 e. The van der Waals surface area contributed by atoms with E-state index in [2.05, 4.69) is 11.1 Å². The minimum absolute atomic E-state index is 0.0663. The summed E-state index contributed by atoms with van der Waals surface area (Å²) in [6, 6.07) is 15.4. The summed E-state index contributed by atoms with van der Waals surface area (Å²) < 4.78 is 12.3. The molecule has 1 saturated heterocycles. The number of H-pyrrole nitrogens is 1. The van der Waals surface area contributed by atoms with E-state index in [0.29, 0.717) is 50.0 Å². The zero-order chi connectivity index (χ0) is 25.1. The number of aryl methyl sites for hydroxylation is 1. The summed E-state index contributed by atoms with van der Waals surface area (Å²) in [4.78, 5) is 34.1. The summed E-state index contributed by atoms with van der Waals surface area (Å²) in [5.74, 6) is 0.689. The molecule has 1 aromatic heterocycles. The lowest BCUT2D eigenvalue weighted by atomic mass is 9.91. The van der Waals surface area contributed by atoms with Crippen molar-refractivity contribution in [2.24, 2.45) is 0 Å². The summed E-state index contributed by atoms with van der Waals surface area (Å²) in [5, 5.41) is 1.50. The SMILES string of the molecule is CCN1CCOc2ccccc2CCCCC2(CN(C(=O)c3cc4cc(Cl)ccc4[nH]3)CCO2)C1=O. The number of halogens is 1. The van der Waals surface area contributed by atoms with Crippen molar-refractivity contribution in [3.63, 3.8) is 0 Å². The first kappa shape index (κ1) is 24.7. The third kappa shape index (κ3) is 4.95. The summed E-state index contributed by atoms with van der Waals surface area (Å²) in [6.07, 6.45) is 3.15. The topological polar surface area (TPSA) is 74.9 Å². The summed E-state index contributed by atoms with van der Waals surface area (Å²) in [5.41, 5.74) is 1.46. The molecule has 0 saturated carbocycles. The quantitative estimate of drug-likeness (QED) is 0.544. The number of morpholine rings is 1. The molecule has 2 aliphatic heterocycles. The van der Waals surface area contributed by atoms with Crippen molar-refractivity contribution in [2.75, 3.05) is 39.4 Å². The van der Waals surface area contributed by atoms with E-state index in [4.69, 9.17) is 21.1 Å². The predicted octanol–water partition coefficient (Wildman–Crippen LogP) is 4.69. The number of ether oxygens (including phenoxy) is 2. The molecular formula is C28H32ClN3O4. The van der Waals surface area contributed by atoms with Gasteiger partial charge in [0, 0.05) is 29.0 Å². The molecule has 0 aliphatic carbocycles. The van der Waals surface area contributed by atoms with E-state index in [9.17, 15) is 9.59 Å².